The minimum absolute atomic E-state index is 0.158. The topological polar surface area (TPSA) is 70.2 Å². The van der Waals surface area contributed by atoms with Gasteiger partial charge in [0.2, 0.25) is 5.91 Å². The summed E-state index contributed by atoms with van der Waals surface area (Å²) in [6.07, 6.45) is 0. The van der Waals surface area contributed by atoms with Gasteiger partial charge in [0.15, 0.2) is 0 Å². The van der Waals surface area contributed by atoms with E-state index in [0.29, 0.717) is 11.3 Å². The number of halogens is 1. The number of carbonyl (C=O) groups excluding carboxylic acids is 2. The van der Waals surface area contributed by atoms with Crippen LogP contribution < -0.4 is 16.0 Å². The molecular formula is C16H16IN3O2. The van der Waals surface area contributed by atoms with E-state index in [9.17, 15) is 9.59 Å². The van der Waals surface area contributed by atoms with Gasteiger partial charge in [-0.3, -0.25) is 9.59 Å². The van der Waals surface area contributed by atoms with Gasteiger partial charge >= 0.3 is 0 Å². The van der Waals surface area contributed by atoms with E-state index in [1.165, 1.54) is 0 Å². The van der Waals surface area contributed by atoms with Crippen LogP contribution in [0.25, 0.3) is 0 Å². The Kier molecular flexibility index (Phi) is 5.76. The molecule has 0 saturated heterocycles. The number of hydrogen-bond acceptors (Lipinski definition) is 3. The molecule has 2 amide bonds. The van der Waals surface area contributed by atoms with Gasteiger partial charge in [-0.2, -0.15) is 0 Å². The van der Waals surface area contributed by atoms with Gasteiger partial charge in [-0.1, -0.05) is 6.07 Å². The summed E-state index contributed by atoms with van der Waals surface area (Å²) in [5, 5.41) is 8.35. The van der Waals surface area contributed by atoms with Crippen molar-refractivity contribution < 1.29 is 9.59 Å². The van der Waals surface area contributed by atoms with Gasteiger partial charge in [-0.05, 0) is 65.1 Å². The van der Waals surface area contributed by atoms with Gasteiger partial charge in [-0.15, -0.1) is 0 Å². The number of benzene rings is 2. The highest BCUT2D eigenvalue weighted by Crippen LogP contribution is 2.12. The molecule has 2 rings (SSSR count). The lowest BCUT2D eigenvalue weighted by Gasteiger charge is -2.09. The molecule has 0 atom stereocenters. The molecule has 0 aliphatic carbocycles. The van der Waals surface area contributed by atoms with Gasteiger partial charge in [-0.25, -0.2) is 0 Å². The second-order valence-electron chi connectivity index (χ2n) is 4.57. The van der Waals surface area contributed by atoms with Crippen molar-refractivity contribution in [2.75, 3.05) is 24.2 Å². The highest BCUT2D eigenvalue weighted by Gasteiger charge is 2.06. The van der Waals surface area contributed by atoms with E-state index in [0.717, 1.165) is 9.26 Å². The molecular weight excluding hydrogens is 393 g/mol. The Morgan fingerprint density at radius 2 is 1.77 bits per heavy atom. The van der Waals surface area contributed by atoms with E-state index >= 15 is 0 Å². The van der Waals surface area contributed by atoms with E-state index in [-0.39, 0.29) is 18.4 Å². The first-order valence-electron chi connectivity index (χ1n) is 6.70. The molecule has 0 radical (unpaired) electrons. The Hall–Kier alpha value is -2.09. The zero-order valence-electron chi connectivity index (χ0n) is 12.0. The van der Waals surface area contributed by atoms with Crippen molar-refractivity contribution in [1.29, 1.82) is 0 Å². The molecule has 0 aliphatic rings. The van der Waals surface area contributed by atoms with Crippen molar-refractivity contribution in [1.82, 2.24) is 5.32 Å². The van der Waals surface area contributed by atoms with Gasteiger partial charge in [0.25, 0.3) is 5.91 Å². The minimum atomic E-state index is -0.187. The lowest BCUT2D eigenvalue weighted by Crippen LogP contribution is -2.22. The summed E-state index contributed by atoms with van der Waals surface area (Å²) in [6, 6.07) is 14.6. The van der Waals surface area contributed by atoms with Gasteiger partial charge in [0.05, 0.1) is 6.54 Å². The number of hydrogen-bond donors (Lipinski definition) is 3. The Labute approximate surface area is 142 Å². The molecule has 0 heterocycles. The van der Waals surface area contributed by atoms with Crippen LogP contribution in [0.4, 0.5) is 11.4 Å². The zero-order valence-corrected chi connectivity index (χ0v) is 14.2. The molecule has 5 nitrogen and oxygen atoms in total. The van der Waals surface area contributed by atoms with Crippen molar-refractivity contribution in [3.8, 4) is 0 Å². The molecule has 6 heteroatoms. The smallest absolute Gasteiger partial charge is 0.251 e. The van der Waals surface area contributed by atoms with Crippen molar-refractivity contribution >= 4 is 45.8 Å². The Morgan fingerprint density at radius 3 is 2.45 bits per heavy atom. The summed E-state index contributed by atoms with van der Waals surface area (Å²) < 4.78 is 1.14. The molecule has 3 N–H and O–H groups in total. The Morgan fingerprint density at radius 1 is 1.05 bits per heavy atom. The molecule has 2 aromatic rings. The van der Waals surface area contributed by atoms with Crippen LogP contribution in [0.3, 0.4) is 0 Å². The largest absolute Gasteiger partial charge is 0.376 e. The Bertz CT molecular complexity index is 671. The third kappa shape index (κ3) is 4.73. The minimum Gasteiger partial charge on any atom is -0.376 e. The Balaban J connectivity index is 1.91. The molecule has 0 aromatic heterocycles. The zero-order chi connectivity index (χ0) is 15.9. The third-order valence-electron chi connectivity index (χ3n) is 2.93. The molecule has 0 spiro atoms. The molecule has 0 unspecified atom stereocenters. The SMILES string of the molecule is CNC(=O)c1cccc(NC(=O)CNc2ccc(I)cc2)c1. The third-order valence-corrected chi connectivity index (χ3v) is 3.65. The van der Waals surface area contributed by atoms with Gasteiger partial charge in [0, 0.05) is 27.6 Å². The fourth-order valence-corrected chi connectivity index (χ4v) is 2.20. The lowest BCUT2D eigenvalue weighted by atomic mass is 10.2. The van der Waals surface area contributed by atoms with Crippen LogP contribution >= 0.6 is 22.6 Å². The van der Waals surface area contributed by atoms with Crippen molar-refractivity contribution in [2.45, 2.75) is 0 Å². The highest BCUT2D eigenvalue weighted by molar-refractivity contribution is 14.1. The van der Waals surface area contributed by atoms with E-state index < -0.39 is 0 Å². The number of rotatable bonds is 5. The number of carbonyl (C=O) groups is 2. The fourth-order valence-electron chi connectivity index (χ4n) is 1.84. The van der Waals surface area contributed by atoms with Crippen molar-refractivity contribution in [3.05, 3.63) is 57.7 Å². The maximum absolute atomic E-state index is 11.9. The lowest BCUT2D eigenvalue weighted by molar-refractivity contribution is -0.114. The molecule has 0 bridgehead atoms. The quantitative estimate of drug-likeness (QED) is 0.666. The predicted octanol–water partition coefficient (Wildman–Crippen LogP) is 2.70. The average molecular weight is 409 g/mol. The standard InChI is InChI=1S/C16H16IN3O2/c1-18-16(22)11-3-2-4-14(9-11)20-15(21)10-19-13-7-5-12(17)6-8-13/h2-9,19H,10H2,1H3,(H,18,22)(H,20,21). The van der Waals surface area contributed by atoms with Gasteiger partial charge in [0.1, 0.15) is 0 Å². The first-order chi connectivity index (χ1) is 10.6. The van der Waals surface area contributed by atoms with Crippen LogP contribution in [0, 0.1) is 3.57 Å². The predicted molar refractivity (Wildman–Crippen MR) is 96.1 cm³/mol. The van der Waals surface area contributed by atoms with Crippen LogP contribution in [0.2, 0.25) is 0 Å². The maximum Gasteiger partial charge on any atom is 0.251 e. The first-order valence-corrected chi connectivity index (χ1v) is 7.78. The second-order valence-corrected chi connectivity index (χ2v) is 5.81. The van der Waals surface area contributed by atoms with Crippen molar-refractivity contribution in [3.63, 3.8) is 0 Å². The van der Waals surface area contributed by atoms with E-state index in [4.69, 9.17) is 0 Å². The normalized spacial score (nSPS) is 9.91. The molecule has 0 aliphatic heterocycles. The van der Waals surface area contributed by atoms with Crippen LogP contribution in [-0.4, -0.2) is 25.4 Å². The maximum atomic E-state index is 11.9. The second kappa shape index (κ2) is 7.79. The van der Waals surface area contributed by atoms with Crippen LogP contribution in [0.15, 0.2) is 48.5 Å². The molecule has 0 fully saturated rings. The van der Waals surface area contributed by atoms with E-state index in [1.54, 1.807) is 31.3 Å². The first kappa shape index (κ1) is 16.3. The summed E-state index contributed by atoms with van der Waals surface area (Å²) in [5.74, 6) is -0.360. The summed E-state index contributed by atoms with van der Waals surface area (Å²) in [5.41, 5.74) is 1.98. The summed E-state index contributed by atoms with van der Waals surface area (Å²) in [6.45, 7) is 0.158. The number of anilines is 2. The van der Waals surface area contributed by atoms with Crippen LogP contribution in [-0.2, 0) is 4.79 Å². The van der Waals surface area contributed by atoms with E-state index in [2.05, 4.69) is 38.5 Å². The molecule has 22 heavy (non-hydrogen) atoms. The molecule has 2 aromatic carbocycles. The summed E-state index contributed by atoms with van der Waals surface area (Å²) >= 11 is 2.22. The van der Waals surface area contributed by atoms with Crippen molar-refractivity contribution in [2.24, 2.45) is 0 Å². The molecule has 114 valence electrons. The summed E-state index contributed by atoms with van der Waals surface area (Å²) in [4.78, 5) is 23.5. The monoisotopic (exact) mass is 409 g/mol. The highest BCUT2D eigenvalue weighted by atomic mass is 127. The number of amides is 2. The summed E-state index contributed by atoms with van der Waals surface area (Å²) in [7, 11) is 1.57. The van der Waals surface area contributed by atoms with Crippen LogP contribution in [0.5, 0.6) is 0 Å². The number of nitrogens with one attached hydrogen (secondary N) is 3. The fraction of sp³-hybridized carbons (Fsp3) is 0.125. The van der Waals surface area contributed by atoms with Gasteiger partial charge < -0.3 is 16.0 Å². The van der Waals surface area contributed by atoms with Crippen LogP contribution in [0.1, 0.15) is 10.4 Å². The molecule has 0 saturated carbocycles. The average Bonchev–Trinajstić information content (AvgIpc) is 2.54. The van der Waals surface area contributed by atoms with E-state index in [1.807, 2.05) is 24.3 Å².